The van der Waals surface area contributed by atoms with Gasteiger partial charge in [0.15, 0.2) is 23.9 Å². The summed E-state index contributed by atoms with van der Waals surface area (Å²) < 4.78 is 20.6. The van der Waals surface area contributed by atoms with Crippen LogP contribution in [0, 0.1) is 0 Å². The average Bonchev–Trinajstić information content (AvgIpc) is 2.65. The Morgan fingerprint density at radius 1 is 0.897 bits per heavy atom. The third-order valence-corrected chi connectivity index (χ3v) is 4.09. The van der Waals surface area contributed by atoms with Gasteiger partial charge < -0.3 is 24.1 Å². The molecule has 1 aliphatic carbocycles. The summed E-state index contributed by atoms with van der Waals surface area (Å²) in [4.78, 5) is 46.8. The zero-order chi connectivity index (χ0) is 21.6. The highest BCUT2D eigenvalue weighted by Gasteiger charge is 2.55. The zero-order valence-corrected chi connectivity index (χ0v) is 16.2. The molecule has 29 heavy (non-hydrogen) atoms. The molecule has 0 fully saturated rings. The van der Waals surface area contributed by atoms with E-state index in [1.54, 1.807) is 18.2 Å². The van der Waals surface area contributed by atoms with Gasteiger partial charge in [0.05, 0.1) is 5.56 Å². The molecule has 0 aromatic heterocycles. The maximum atomic E-state index is 12.3. The van der Waals surface area contributed by atoms with Crippen molar-refractivity contribution in [3.05, 3.63) is 48.0 Å². The van der Waals surface area contributed by atoms with Gasteiger partial charge in [0, 0.05) is 20.8 Å². The summed E-state index contributed by atoms with van der Waals surface area (Å²) in [5.74, 6) is -2.94. The van der Waals surface area contributed by atoms with E-state index in [9.17, 15) is 24.3 Å². The number of esters is 4. The van der Waals surface area contributed by atoms with Crippen LogP contribution in [0.1, 0.15) is 31.1 Å². The molecule has 1 N–H and O–H groups in total. The molecular formula is C20H22O9. The van der Waals surface area contributed by atoms with Crippen molar-refractivity contribution in [3.63, 3.8) is 0 Å². The van der Waals surface area contributed by atoms with E-state index < -0.39 is 54.4 Å². The second kappa shape index (κ2) is 9.33. The molecule has 1 aliphatic rings. The van der Waals surface area contributed by atoms with Gasteiger partial charge in [-0.2, -0.15) is 0 Å². The Hall–Kier alpha value is -3.20. The minimum atomic E-state index is -2.20. The highest BCUT2D eigenvalue weighted by molar-refractivity contribution is 5.89. The van der Waals surface area contributed by atoms with E-state index in [0.717, 1.165) is 20.8 Å². The summed E-state index contributed by atoms with van der Waals surface area (Å²) in [6.45, 7) is 2.67. The van der Waals surface area contributed by atoms with Gasteiger partial charge in [-0.1, -0.05) is 18.2 Å². The fourth-order valence-corrected chi connectivity index (χ4v) is 2.89. The number of ether oxygens (including phenoxy) is 4. The van der Waals surface area contributed by atoms with E-state index in [2.05, 4.69) is 0 Å². The Morgan fingerprint density at radius 2 is 1.48 bits per heavy atom. The van der Waals surface area contributed by atoms with Crippen LogP contribution >= 0.6 is 0 Å². The maximum Gasteiger partial charge on any atom is 0.338 e. The van der Waals surface area contributed by atoms with E-state index in [1.807, 2.05) is 0 Å². The van der Waals surface area contributed by atoms with E-state index in [-0.39, 0.29) is 5.56 Å². The predicted molar refractivity (Wildman–Crippen MR) is 97.5 cm³/mol. The number of carbonyl (C=O) groups is 4. The first-order valence-corrected chi connectivity index (χ1v) is 8.78. The maximum absolute atomic E-state index is 12.3. The fourth-order valence-electron chi connectivity index (χ4n) is 2.89. The lowest BCUT2D eigenvalue weighted by atomic mass is 9.82. The SMILES string of the molecule is CC(=O)O[C@@H]1[C@H](OC(C)=O)C=C[C@@H](OC(C)=O)[C@@]1(O)COC(=O)c1ccccc1. The van der Waals surface area contributed by atoms with Gasteiger partial charge in [-0.15, -0.1) is 0 Å². The van der Waals surface area contributed by atoms with Crippen LogP contribution < -0.4 is 0 Å². The molecule has 1 aromatic carbocycles. The molecule has 1 aromatic rings. The third kappa shape index (κ3) is 5.64. The Balaban J connectivity index is 2.35. The summed E-state index contributed by atoms with van der Waals surface area (Å²) in [5, 5.41) is 11.3. The summed E-state index contributed by atoms with van der Waals surface area (Å²) >= 11 is 0. The lowest BCUT2D eigenvalue weighted by Crippen LogP contribution is -2.64. The van der Waals surface area contributed by atoms with Crippen LogP contribution in [-0.4, -0.2) is 59.5 Å². The second-order valence-corrected chi connectivity index (χ2v) is 6.45. The van der Waals surface area contributed by atoms with Crippen LogP contribution in [0.5, 0.6) is 0 Å². The summed E-state index contributed by atoms with van der Waals surface area (Å²) in [6, 6.07) is 8.01. The number of hydrogen-bond donors (Lipinski definition) is 1. The van der Waals surface area contributed by atoms with Crippen molar-refractivity contribution < 1.29 is 43.2 Å². The third-order valence-electron chi connectivity index (χ3n) is 4.09. The van der Waals surface area contributed by atoms with Gasteiger partial charge in [-0.25, -0.2) is 4.79 Å². The molecule has 156 valence electrons. The van der Waals surface area contributed by atoms with Crippen molar-refractivity contribution in [3.8, 4) is 0 Å². The Labute approximate surface area is 167 Å². The average molecular weight is 406 g/mol. The second-order valence-electron chi connectivity index (χ2n) is 6.45. The number of benzene rings is 1. The van der Waals surface area contributed by atoms with Crippen molar-refractivity contribution in [1.82, 2.24) is 0 Å². The largest absolute Gasteiger partial charge is 0.459 e. The molecule has 0 saturated carbocycles. The first kappa shape index (κ1) is 22.1. The van der Waals surface area contributed by atoms with Crippen LogP contribution in [-0.2, 0) is 33.3 Å². The smallest absolute Gasteiger partial charge is 0.338 e. The molecule has 0 saturated heterocycles. The van der Waals surface area contributed by atoms with Gasteiger partial charge >= 0.3 is 23.9 Å². The first-order valence-electron chi connectivity index (χ1n) is 8.78. The van der Waals surface area contributed by atoms with E-state index >= 15 is 0 Å². The normalized spacial score (nSPS) is 25.6. The van der Waals surface area contributed by atoms with Gasteiger partial charge in [0.2, 0.25) is 0 Å². The standard InChI is InChI=1S/C20H22O9/c1-12(21)27-16-9-10-17(28-13(2)22)20(25,18(16)29-14(3)23)11-26-19(24)15-7-5-4-6-8-15/h4-10,16-18,25H,11H2,1-3H3/t16-,17-,18-,20+/m1/s1. The van der Waals surface area contributed by atoms with Gasteiger partial charge in [0.25, 0.3) is 0 Å². The van der Waals surface area contributed by atoms with Gasteiger partial charge in [-0.05, 0) is 24.3 Å². The zero-order valence-electron chi connectivity index (χ0n) is 16.2. The molecule has 9 heteroatoms. The molecule has 0 heterocycles. The minimum Gasteiger partial charge on any atom is -0.459 e. The predicted octanol–water partition coefficient (Wildman–Crippen LogP) is 0.939. The monoisotopic (exact) mass is 406 g/mol. The molecule has 0 aliphatic heterocycles. The molecule has 0 bridgehead atoms. The highest BCUT2D eigenvalue weighted by Crippen LogP contribution is 2.32. The van der Waals surface area contributed by atoms with E-state index in [4.69, 9.17) is 18.9 Å². The molecular weight excluding hydrogens is 384 g/mol. The number of carbonyl (C=O) groups excluding carboxylic acids is 4. The summed E-state index contributed by atoms with van der Waals surface area (Å²) in [6.07, 6.45) is -1.37. The van der Waals surface area contributed by atoms with Crippen molar-refractivity contribution in [2.75, 3.05) is 6.61 Å². The number of aliphatic hydroxyl groups is 1. The van der Waals surface area contributed by atoms with Crippen LogP contribution in [0.25, 0.3) is 0 Å². The molecule has 0 unspecified atom stereocenters. The molecule has 9 nitrogen and oxygen atoms in total. The molecule has 0 amide bonds. The highest BCUT2D eigenvalue weighted by atomic mass is 16.6. The van der Waals surface area contributed by atoms with Crippen LogP contribution in [0.3, 0.4) is 0 Å². The molecule has 4 atom stereocenters. The van der Waals surface area contributed by atoms with E-state index in [1.165, 1.54) is 24.3 Å². The molecule has 2 rings (SSSR count). The van der Waals surface area contributed by atoms with E-state index in [0.29, 0.717) is 0 Å². The Bertz CT molecular complexity index is 801. The van der Waals surface area contributed by atoms with Crippen LogP contribution in [0.2, 0.25) is 0 Å². The van der Waals surface area contributed by atoms with Crippen molar-refractivity contribution in [2.24, 2.45) is 0 Å². The fraction of sp³-hybridized carbons (Fsp3) is 0.400. The van der Waals surface area contributed by atoms with Crippen LogP contribution in [0.15, 0.2) is 42.5 Å². The molecule has 0 radical (unpaired) electrons. The van der Waals surface area contributed by atoms with Crippen molar-refractivity contribution >= 4 is 23.9 Å². The molecule has 0 spiro atoms. The quantitative estimate of drug-likeness (QED) is 0.417. The van der Waals surface area contributed by atoms with Crippen molar-refractivity contribution in [1.29, 1.82) is 0 Å². The van der Waals surface area contributed by atoms with Crippen LogP contribution in [0.4, 0.5) is 0 Å². The lowest BCUT2D eigenvalue weighted by molar-refractivity contribution is -0.217. The first-order chi connectivity index (χ1) is 13.6. The summed E-state index contributed by atoms with van der Waals surface area (Å²) in [7, 11) is 0. The van der Waals surface area contributed by atoms with Crippen molar-refractivity contribution in [2.45, 2.75) is 44.7 Å². The summed E-state index contributed by atoms with van der Waals surface area (Å²) in [5.41, 5.74) is -1.97. The number of hydrogen-bond acceptors (Lipinski definition) is 9. The minimum absolute atomic E-state index is 0.229. The van der Waals surface area contributed by atoms with Gasteiger partial charge in [0.1, 0.15) is 6.61 Å². The number of rotatable bonds is 6. The topological polar surface area (TPSA) is 125 Å². The Kier molecular flexibility index (Phi) is 7.11. The Morgan fingerprint density at radius 3 is 2.03 bits per heavy atom. The lowest BCUT2D eigenvalue weighted by Gasteiger charge is -2.43. The van der Waals surface area contributed by atoms with Gasteiger partial charge in [-0.3, -0.25) is 14.4 Å².